The third kappa shape index (κ3) is 59.1. The highest BCUT2D eigenvalue weighted by Gasteiger charge is 2.19. The average Bonchev–Trinajstić information content (AvgIpc) is 3.39. The van der Waals surface area contributed by atoms with E-state index in [1.165, 1.54) is 116 Å². The lowest BCUT2D eigenvalue weighted by atomic mass is 10.0. The third-order valence-electron chi connectivity index (χ3n) is 13.1. The molecule has 0 aliphatic rings. The van der Waals surface area contributed by atoms with Crippen molar-refractivity contribution in [1.29, 1.82) is 0 Å². The van der Waals surface area contributed by atoms with Crippen LogP contribution in [0.1, 0.15) is 290 Å². The Labute approximate surface area is 451 Å². The number of carbonyl (C=O) groups is 3. The van der Waals surface area contributed by atoms with Gasteiger partial charge in [-0.05, 0) is 103 Å². The minimum absolute atomic E-state index is 0.0860. The van der Waals surface area contributed by atoms with E-state index in [9.17, 15) is 14.4 Å². The zero-order valence-corrected chi connectivity index (χ0v) is 47.9. The van der Waals surface area contributed by atoms with E-state index in [-0.39, 0.29) is 31.1 Å². The SMILES string of the molecule is CC/C=C\C/C=C\C/C=C\C/C=C\C/C=C\C/C=C\CCCCCCCCC(=O)OCC(COC(=O)CCCCCCCCCCCCCCCCC)OC(=O)CCCCCCC/C=C\C/C=C\CCCCC. The first kappa shape index (κ1) is 69.3. The molecule has 0 aromatic carbocycles. The molecule has 0 heterocycles. The number of rotatable bonds is 55. The summed E-state index contributed by atoms with van der Waals surface area (Å²) >= 11 is 0. The Hall–Kier alpha value is -3.67. The van der Waals surface area contributed by atoms with Gasteiger partial charge in [0.1, 0.15) is 13.2 Å². The molecule has 0 rings (SSSR count). The molecular weight excluding hydrogens is 901 g/mol. The van der Waals surface area contributed by atoms with Gasteiger partial charge in [-0.2, -0.15) is 0 Å². The quantitative estimate of drug-likeness (QED) is 0.0261. The number of allylic oxidation sites excluding steroid dienone is 16. The summed E-state index contributed by atoms with van der Waals surface area (Å²) in [6.07, 6.45) is 81.1. The third-order valence-corrected chi connectivity index (χ3v) is 13.1. The first-order chi connectivity index (χ1) is 36.0. The summed E-state index contributed by atoms with van der Waals surface area (Å²) in [7, 11) is 0. The minimum atomic E-state index is -0.791. The summed E-state index contributed by atoms with van der Waals surface area (Å²) in [5.41, 5.74) is 0. The van der Waals surface area contributed by atoms with Crippen molar-refractivity contribution < 1.29 is 28.6 Å². The van der Waals surface area contributed by atoms with Gasteiger partial charge in [0.15, 0.2) is 6.10 Å². The Kier molecular flexibility index (Phi) is 57.8. The van der Waals surface area contributed by atoms with Gasteiger partial charge < -0.3 is 14.2 Å². The van der Waals surface area contributed by atoms with Crippen LogP contribution in [0.2, 0.25) is 0 Å². The highest BCUT2D eigenvalue weighted by Crippen LogP contribution is 2.16. The lowest BCUT2D eigenvalue weighted by Gasteiger charge is -2.18. The van der Waals surface area contributed by atoms with Crippen molar-refractivity contribution in [3.05, 3.63) is 97.2 Å². The molecule has 0 N–H and O–H groups in total. The maximum absolute atomic E-state index is 12.9. The summed E-state index contributed by atoms with van der Waals surface area (Å²) in [6.45, 7) is 6.50. The number of ether oxygens (including phenoxy) is 3. The maximum atomic E-state index is 12.9. The molecule has 0 spiro atoms. The van der Waals surface area contributed by atoms with Crippen LogP contribution < -0.4 is 0 Å². The topological polar surface area (TPSA) is 78.9 Å². The van der Waals surface area contributed by atoms with Crippen LogP contribution in [0, 0.1) is 0 Å². The maximum Gasteiger partial charge on any atom is 0.306 e. The molecule has 0 amide bonds. The number of hydrogen-bond donors (Lipinski definition) is 0. The largest absolute Gasteiger partial charge is 0.462 e. The predicted molar refractivity (Wildman–Crippen MR) is 316 cm³/mol. The summed E-state index contributed by atoms with van der Waals surface area (Å²) in [5.74, 6) is -0.907. The highest BCUT2D eigenvalue weighted by molar-refractivity contribution is 5.71. The summed E-state index contributed by atoms with van der Waals surface area (Å²) in [6, 6.07) is 0. The van der Waals surface area contributed by atoms with Crippen LogP contribution in [-0.4, -0.2) is 37.2 Å². The molecular formula is C67H114O6. The molecule has 0 aliphatic carbocycles. The van der Waals surface area contributed by atoms with Gasteiger partial charge >= 0.3 is 17.9 Å². The standard InChI is InChI=1S/C67H114O6/c1-4-7-10-13-16-19-22-25-28-29-30-31-32-33-34-35-36-37-40-42-45-48-51-54-57-60-66(69)72-63-64(73-67(70)61-58-55-52-49-46-43-39-27-24-21-18-15-12-9-6-3)62-71-65(68)59-56-53-50-47-44-41-38-26-23-20-17-14-11-8-5-2/h7,10,16,18-19,21,25,27-28,30-31,33-34,36-37,39,64H,4-6,8-9,11-15,17,20,22-24,26,29,32,35,38,40-63H2,1-3H3/b10-7-,19-16-,21-18-,28-25-,31-30-,34-33-,37-36-,39-27-. The molecule has 0 aliphatic heterocycles. The van der Waals surface area contributed by atoms with Crippen LogP contribution in [0.5, 0.6) is 0 Å². The van der Waals surface area contributed by atoms with Crippen LogP contribution in [-0.2, 0) is 28.6 Å². The minimum Gasteiger partial charge on any atom is -0.462 e. The van der Waals surface area contributed by atoms with E-state index in [1.54, 1.807) is 0 Å². The Morgan fingerprint density at radius 2 is 0.534 bits per heavy atom. The van der Waals surface area contributed by atoms with E-state index >= 15 is 0 Å². The lowest BCUT2D eigenvalue weighted by Crippen LogP contribution is -2.30. The second kappa shape index (κ2) is 60.9. The van der Waals surface area contributed by atoms with Crippen molar-refractivity contribution in [2.24, 2.45) is 0 Å². The second-order valence-electron chi connectivity index (χ2n) is 20.2. The molecule has 73 heavy (non-hydrogen) atoms. The molecule has 1 unspecified atom stereocenters. The number of unbranched alkanes of at least 4 members (excludes halogenated alkanes) is 28. The van der Waals surface area contributed by atoms with E-state index < -0.39 is 6.10 Å². The van der Waals surface area contributed by atoms with E-state index in [0.29, 0.717) is 19.3 Å². The predicted octanol–water partition coefficient (Wildman–Crippen LogP) is 20.9. The van der Waals surface area contributed by atoms with Crippen LogP contribution in [0.25, 0.3) is 0 Å². The molecule has 0 fully saturated rings. The Balaban J connectivity index is 4.38. The van der Waals surface area contributed by atoms with Crippen LogP contribution in [0.4, 0.5) is 0 Å². The summed E-state index contributed by atoms with van der Waals surface area (Å²) in [4.78, 5) is 38.2. The molecule has 0 radical (unpaired) electrons. The molecule has 6 nitrogen and oxygen atoms in total. The van der Waals surface area contributed by atoms with Gasteiger partial charge in [0, 0.05) is 19.3 Å². The van der Waals surface area contributed by atoms with Gasteiger partial charge in [0.2, 0.25) is 0 Å². The van der Waals surface area contributed by atoms with Gasteiger partial charge in [0.25, 0.3) is 0 Å². The van der Waals surface area contributed by atoms with Crippen molar-refractivity contribution >= 4 is 17.9 Å². The molecule has 0 saturated heterocycles. The number of carbonyl (C=O) groups excluding carboxylic acids is 3. The van der Waals surface area contributed by atoms with Crippen molar-refractivity contribution in [1.82, 2.24) is 0 Å². The van der Waals surface area contributed by atoms with Crippen molar-refractivity contribution in [3.8, 4) is 0 Å². The number of esters is 3. The van der Waals surface area contributed by atoms with Crippen LogP contribution >= 0.6 is 0 Å². The van der Waals surface area contributed by atoms with Crippen molar-refractivity contribution in [2.75, 3.05) is 13.2 Å². The first-order valence-electron chi connectivity index (χ1n) is 30.7. The molecule has 0 bridgehead atoms. The van der Waals surface area contributed by atoms with E-state index in [2.05, 4.69) is 118 Å². The molecule has 0 saturated carbocycles. The molecule has 1 atom stereocenters. The zero-order valence-electron chi connectivity index (χ0n) is 47.9. The van der Waals surface area contributed by atoms with Gasteiger partial charge in [0.05, 0.1) is 0 Å². The molecule has 6 heteroatoms. The van der Waals surface area contributed by atoms with E-state index in [0.717, 1.165) is 135 Å². The second-order valence-corrected chi connectivity index (χ2v) is 20.2. The van der Waals surface area contributed by atoms with Gasteiger partial charge in [-0.25, -0.2) is 0 Å². The summed E-state index contributed by atoms with van der Waals surface area (Å²) in [5, 5.41) is 0. The molecule has 418 valence electrons. The Morgan fingerprint density at radius 1 is 0.288 bits per heavy atom. The van der Waals surface area contributed by atoms with Crippen molar-refractivity contribution in [2.45, 2.75) is 297 Å². The van der Waals surface area contributed by atoms with Crippen molar-refractivity contribution in [3.63, 3.8) is 0 Å². The smallest absolute Gasteiger partial charge is 0.306 e. The summed E-state index contributed by atoms with van der Waals surface area (Å²) < 4.78 is 16.9. The van der Waals surface area contributed by atoms with Gasteiger partial charge in [-0.15, -0.1) is 0 Å². The fraction of sp³-hybridized carbons (Fsp3) is 0.716. The van der Waals surface area contributed by atoms with Crippen LogP contribution in [0.3, 0.4) is 0 Å². The first-order valence-corrected chi connectivity index (χ1v) is 30.7. The van der Waals surface area contributed by atoms with E-state index in [4.69, 9.17) is 14.2 Å². The van der Waals surface area contributed by atoms with Crippen LogP contribution in [0.15, 0.2) is 97.2 Å². The average molecular weight is 1020 g/mol. The molecule has 0 aromatic heterocycles. The highest BCUT2D eigenvalue weighted by atomic mass is 16.6. The fourth-order valence-corrected chi connectivity index (χ4v) is 8.48. The zero-order chi connectivity index (χ0) is 52.9. The van der Waals surface area contributed by atoms with Gasteiger partial charge in [-0.3, -0.25) is 14.4 Å². The van der Waals surface area contributed by atoms with E-state index in [1.807, 2.05) is 0 Å². The van der Waals surface area contributed by atoms with Gasteiger partial charge in [-0.1, -0.05) is 266 Å². The number of hydrogen-bond acceptors (Lipinski definition) is 6. The fourth-order valence-electron chi connectivity index (χ4n) is 8.48. The Morgan fingerprint density at radius 3 is 0.863 bits per heavy atom. The molecule has 0 aromatic rings. The monoisotopic (exact) mass is 1010 g/mol. The Bertz CT molecular complexity index is 1440. The lowest BCUT2D eigenvalue weighted by molar-refractivity contribution is -0.167. The normalized spacial score (nSPS) is 12.8.